The minimum atomic E-state index is -4.52. The fraction of sp³-hybridized carbons (Fsp3) is 0.487. The van der Waals surface area contributed by atoms with Crippen LogP contribution in [0.25, 0.3) is 0 Å². The first kappa shape index (κ1) is 43.8. The molecule has 0 unspecified atom stereocenters. The third-order valence-corrected chi connectivity index (χ3v) is 10.4. The highest BCUT2D eigenvalue weighted by Crippen LogP contribution is 2.34. The van der Waals surface area contributed by atoms with Crippen molar-refractivity contribution in [2.24, 2.45) is 0 Å². The number of aromatic nitrogens is 1. The highest BCUT2D eigenvalue weighted by molar-refractivity contribution is 7.89. The standard InChI is InChI=1S/C39H51F3N6O7S/c1-27-26-44-33(25-32(27)39(40,41)42)46-21-23-48(24-22-46)56(52,53)31-15-13-30(14-16-31)45-34(49)29-11-9-28(10-12-29)17-20-47(36(51)55-38(5,6)7)19-8-18-43-35(50)54-37(2,3)4/h9-16,25-26H,8,17-24H2,1-7H3,(H,43,50)(H,45,49). The maximum atomic E-state index is 13.4. The second-order valence-electron chi connectivity index (χ2n) is 15.4. The molecule has 17 heteroatoms. The molecule has 3 amide bonds. The summed E-state index contributed by atoms with van der Waals surface area (Å²) < 4.78 is 79.1. The van der Waals surface area contributed by atoms with Crippen molar-refractivity contribution in [2.75, 3.05) is 56.0 Å². The molecule has 1 aliphatic rings. The van der Waals surface area contributed by atoms with E-state index in [4.69, 9.17) is 9.47 Å². The predicted octanol–water partition coefficient (Wildman–Crippen LogP) is 6.87. The largest absolute Gasteiger partial charge is 0.444 e. The number of alkyl halides is 3. The van der Waals surface area contributed by atoms with E-state index >= 15 is 0 Å². The number of nitrogens with zero attached hydrogens (tertiary/aromatic N) is 4. The van der Waals surface area contributed by atoms with Gasteiger partial charge < -0.3 is 29.9 Å². The summed E-state index contributed by atoms with van der Waals surface area (Å²) in [6.07, 6.45) is -3.41. The zero-order valence-corrected chi connectivity index (χ0v) is 33.6. The van der Waals surface area contributed by atoms with E-state index in [1.54, 1.807) is 75.6 Å². The number of ether oxygens (including phenoxy) is 2. The zero-order valence-electron chi connectivity index (χ0n) is 32.8. The van der Waals surface area contributed by atoms with Crippen LogP contribution in [-0.2, 0) is 32.1 Å². The molecular weight excluding hydrogens is 754 g/mol. The molecule has 2 aromatic carbocycles. The molecule has 0 atom stereocenters. The van der Waals surface area contributed by atoms with Gasteiger partial charge in [-0.05, 0) is 115 Å². The van der Waals surface area contributed by atoms with Crippen LogP contribution in [0.5, 0.6) is 0 Å². The molecule has 306 valence electrons. The number of carbonyl (C=O) groups is 3. The lowest BCUT2D eigenvalue weighted by Crippen LogP contribution is -2.49. The molecule has 1 saturated heterocycles. The molecule has 3 aromatic rings. The fourth-order valence-corrected chi connectivity index (χ4v) is 7.12. The topological polar surface area (TPSA) is 150 Å². The van der Waals surface area contributed by atoms with Gasteiger partial charge in [0, 0.05) is 63.3 Å². The van der Waals surface area contributed by atoms with Gasteiger partial charge in [0.25, 0.3) is 5.91 Å². The van der Waals surface area contributed by atoms with Gasteiger partial charge in [-0.25, -0.2) is 23.0 Å². The maximum absolute atomic E-state index is 13.4. The molecule has 1 aromatic heterocycles. The number of alkyl carbamates (subject to hydrolysis) is 1. The summed E-state index contributed by atoms with van der Waals surface area (Å²) in [5, 5.41) is 5.46. The number of halogens is 3. The molecule has 0 radical (unpaired) electrons. The number of pyridine rings is 1. The second-order valence-corrected chi connectivity index (χ2v) is 17.4. The van der Waals surface area contributed by atoms with Crippen molar-refractivity contribution in [3.63, 3.8) is 0 Å². The Balaban J connectivity index is 1.29. The summed E-state index contributed by atoms with van der Waals surface area (Å²) in [6.45, 7) is 13.4. The number of amides is 3. The first-order valence-corrected chi connectivity index (χ1v) is 19.7. The number of anilines is 2. The number of hydrogen-bond acceptors (Lipinski definition) is 9. The molecule has 1 fully saturated rings. The summed E-state index contributed by atoms with van der Waals surface area (Å²) in [6, 6.07) is 13.6. The number of aryl methyl sites for hydroxylation is 1. The molecule has 13 nitrogen and oxygen atoms in total. The molecule has 2 heterocycles. The SMILES string of the molecule is Cc1cnc(N2CCN(S(=O)(=O)c3ccc(NC(=O)c4ccc(CCN(CCCNC(=O)OC(C)(C)C)C(=O)OC(C)(C)C)cc4)cc3)CC2)cc1C(F)(F)F. The minimum Gasteiger partial charge on any atom is -0.444 e. The van der Waals surface area contributed by atoms with Crippen LogP contribution in [0.15, 0.2) is 65.7 Å². The van der Waals surface area contributed by atoms with Crippen molar-refractivity contribution >= 4 is 39.6 Å². The van der Waals surface area contributed by atoms with Crippen molar-refractivity contribution in [3.05, 3.63) is 83.0 Å². The summed E-state index contributed by atoms with van der Waals surface area (Å²) in [4.78, 5) is 45.3. The molecule has 2 N–H and O–H groups in total. The van der Waals surface area contributed by atoms with Gasteiger partial charge in [0.05, 0.1) is 10.5 Å². The third kappa shape index (κ3) is 12.8. The predicted molar refractivity (Wildman–Crippen MR) is 206 cm³/mol. The summed E-state index contributed by atoms with van der Waals surface area (Å²) in [5.74, 6) is -0.271. The monoisotopic (exact) mass is 804 g/mol. The Morgan fingerprint density at radius 3 is 2.04 bits per heavy atom. The highest BCUT2D eigenvalue weighted by Gasteiger charge is 2.34. The number of rotatable bonds is 12. The Labute approximate surface area is 326 Å². The molecule has 0 spiro atoms. The van der Waals surface area contributed by atoms with Gasteiger partial charge in [-0.15, -0.1) is 0 Å². The number of benzene rings is 2. The van der Waals surface area contributed by atoms with Gasteiger partial charge in [-0.3, -0.25) is 4.79 Å². The first-order chi connectivity index (χ1) is 26.0. The van der Waals surface area contributed by atoms with Gasteiger partial charge in [0.1, 0.15) is 17.0 Å². The van der Waals surface area contributed by atoms with Crippen LogP contribution in [0.1, 0.15) is 75.0 Å². The Hall–Kier alpha value is -4.90. The maximum Gasteiger partial charge on any atom is 0.416 e. The van der Waals surface area contributed by atoms with Crippen molar-refractivity contribution in [3.8, 4) is 0 Å². The lowest BCUT2D eigenvalue weighted by Gasteiger charge is -2.35. The molecule has 0 bridgehead atoms. The van der Waals surface area contributed by atoms with Gasteiger partial charge in [-0.1, -0.05) is 12.1 Å². The smallest absolute Gasteiger partial charge is 0.416 e. The van der Waals surface area contributed by atoms with Crippen LogP contribution >= 0.6 is 0 Å². The highest BCUT2D eigenvalue weighted by atomic mass is 32.2. The van der Waals surface area contributed by atoms with Crippen LogP contribution < -0.4 is 15.5 Å². The van der Waals surface area contributed by atoms with Crippen molar-refractivity contribution < 1.29 is 45.4 Å². The van der Waals surface area contributed by atoms with Crippen LogP contribution in [-0.4, -0.2) is 97.7 Å². The van der Waals surface area contributed by atoms with E-state index in [-0.39, 0.29) is 42.5 Å². The Morgan fingerprint density at radius 2 is 1.46 bits per heavy atom. The normalized spacial score (nSPS) is 14.2. The van der Waals surface area contributed by atoms with E-state index in [0.717, 1.165) is 11.6 Å². The number of nitrogens with one attached hydrogen (secondary N) is 2. The van der Waals surface area contributed by atoms with Crippen LogP contribution in [0, 0.1) is 6.92 Å². The van der Waals surface area contributed by atoms with E-state index in [9.17, 15) is 36.0 Å². The Morgan fingerprint density at radius 1 is 0.857 bits per heavy atom. The first-order valence-electron chi connectivity index (χ1n) is 18.3. The van der Waals surface area contributed by atoms with E-state index in [1.165, 1.54) is 41.7 Å². The third-order valence-electron chi connectivity index (χ3n) is 8.52. The number of hydrogen-bond donors (Lipinski definition) is 2. The Bertz CT molecular complexity index is 1940. The van der Waals surface area contributed by atoms with E-state index in [1.807, 2.05) is 0 Å². The van der Waals surface area contributed by atoms with Crippen molar-refractivity contribution in [1.29, 1.82) is 0 Å². The number of piperazine rings is 1. The van der Waals surface area contributed by atoms with Crippen molar-refractivity contribution in [1.82, 2.24) is 19.5 Å². The van der Waals surface area contributed by atoms with Gasteiger partial charge >= 0.3 is 18.4 Å². The van der Waals surface area contributed by atoms with E-state index < -0.39 is 51.1 Å². The van der Waals surface area contributed by atoms with Crippen molar-refractivity contribution in [2.45, 2.75) is 83.6 Å². The molecular formula is C39H51F3N6O7S. The molecule has 4 rings (SSSR count). The summed E-state index contributed by atoms with van der Waals surface area (Å²) in [5.41, 5.74) is -0.461. The zero-order chi connectivity index (χ0) is 41.5. The summed E-state index contributed by atoms with van der Waals surface area (Å²) >= 11 is 0. The quantitative estimate of drug-likeness (QED) is 0.187. The van der Waals surface area contributed by atoms with Crippen LogP contribution in [0.3, 0.4) is 0 Å². The lowest BCUT2D eigenvalue weighted by molar-refractivity contribution is -0.138. The average Bonchev–Trinajstić information content (AvgIpc) is 3.10. The van der Waals surface area contributed by atoms with Crippen LogP contribution in [0.2, 0.25) is 0 Å². The van der Waals surface area contributed by atoms with Crippen LogP contribution in [0.4, 0.5) is 34.3 Å². The second kappa shape index (κ2) is 17.9. The Kier molecular flexibility index (Phi) is 14.0. The number of sulfonamides is 1. The minimum absolute atomic E-state index is 0.0109. The molecule has 0 aliphatic carbocycles. The van der Waals surface area contributed by atoms with Gasteiger partial charge in [0.2, 0.25) is 10.0 Å². The molecule has 56 heavy (non-hydrogen) atoms. The molecule has 0 saturated carbocycles. The summed E-state index contributed by atoms with van der Waals surface area (Å²) in [7, 11) is -3.91. The van der Waals surface area contributed by atoms with Gasteiger partial charge in [0.15, 0.2) is 0 Å². The fourth-order valence-electron chi connectivity index (χ4n) is 5.69. The number of carbonyl (C=O) groups excluding carboxylic acids is 3. The average molecular weight is 805 g/mol. The lowest BCUT2D eigenvalue weighted by atomic mass is 10.1. The van der Waals surface area contributed by atoms with E-state index in [2.05, 4.69) is 15.6 Å². The van der Waals surface area contributed by atoms with Gasteiger partial charge in [-0.2, -0.15) is 17.5 Å². The van der Waals surface area contributed by atoms with E-state index in [0.29, 0.717) is 43.7 Å². The molecule has 1 aliphatic heterocycles.